The topological polar surface area (TPSA) is 166 Å². The number of benzene rings is 3. The number of hydrogen-bond acceptors (Lipinski definition) is 10. The fourth-order valence-corrected chi connectivity index (χ4v) is 3.66. The maximum atomic E-state index is 12.3. The van der Waals surface area contributed by atoms with Gasteiger partial charge in [-0.15, -0.1) is 0 Å². The molecule has 0 saturated heterocycles. The average Bonchev–Trinajstić information content (AvgIpc) is 3.00. The van der Waals surface area contributed by atoms with Gasteiger partial charge in [-0.3, -0.25) is 20.7 Å². The monoisotopic (exact) mass is 603 g/mol. The van der Waals surface area contributed by atoms with E-state index in [2.05, 4.69) is 36.7 Å². The van der Waals surface area contributed by atoms with Crippen molar-refractivity contribution in [2.75, 3.05) is 43.4 Å². The first-order valence-electron chi connectivity index (χ1n) is 13.3. The third kappa shape index (κ3) is 10.3. The normalized spacial score (nSPS) is 10.0. The second kappa shape index (κ2) is 16.1. The lowest BCUT2D eigenvalue weighted by Crippen LogP contribution is -2.20. The van der Waals surface area contributed by atoms with Crippen LogP contribution in [0.3, 0.4) is 0 Å². The van der Waals surface area contributed by atoms with E-state index in [-0.39, 0.29) is 25.6 Å². The van der Waals surface area contributed by atoms with Gasteiger partial charge in [0, 0.05) is 17.1 Å². The summed E-state index contributed by atoms with van der Waals surface area (Å²) in [5.74, 6) is -0.344. The van der Waals surface area contributed by atoms with E-state index in [1.165, 1.54) is 14.2 Å². The van der Waals surface area contributed by atoms with Crippen molar-refractivity contribution >= 4 is 58.7 Å². The molecule has 0 unspecified atom stereocenters. The third-order valence-corrected chi connectivity index (χ3v) is 6.17. The lowest BCUT2D eigenvalue weighted by Gasteiger charge is -2.12. The van der Waals surface area contributed by atoms with Crippen molar-refractivity contribution in [1.82, 2.24) is 0 Å². The van der Waals surface area contributed by atoms with Crippen LogP contribution in [0, 0.1) is 20.8 Å². The predicted octanol–water partition coefficient (Wildman–Crippen LogP) is 6.44. The fraction of sp³-hybridized carbons (Fsp3) is 0.258. The zero-order valence-corrected chi connectivity index (χ0v) is 25.0. The first-order valence-corrected chi connectivity index (χ1v) is 13.3. The summed E-state index contributed by atoms with van der Waals surface area (Å²) in [6.45, 7) is 5.09. The summed E-state index contributed by atoms with van der Waals surface area (Å²) in [7, 11) is 2.58. The lowest BCUT2D eigenvalue weighted by atomic mass is 10.1. The molecule has 3 rings (SSSR count). The molecule has 0 heterocycles. The van der Waals surface area contributed by atoms with E-state index in [1.807, 2.05) is 13.0 Å². The van der Waals surface area contributed by atoms with Crippen LogP contribution >= 0.6 is 0 Å². The minimum absolute atomic E-state index is 0.136. The molecule has 0 saturated carbocycles. The molecule has 230 valence electrons. The molecule has 3 amide bonds. The highest BCUT2D eigenvalue weighted by Crippen LogP contribution is 2.23. The van der Waals surface area contributed by atoms with Crippen molar-refractivity contribution in [3.63, 3.8) is 0 Å². The van der Waals surface area contributed by atoms with Gasteiger partial charge in [0.2, 0.25) is 0 Å². The number of anilines is 3. The molecule has 13 heteroatoms. The second-order valence-electron chi connectivity index (χ2n) is 9.35. The molecule has 0 bridgehead atoms. The maximum absolute atomic E-state index is 12.3. The molecule has 0 radical (unpaired) electrons. The van der Waals surface area contributed by atoms with Gasteiger partial charge < -0.3 is 18.9 Å². The Kier molecular flexibility index (Phi) is 12.0. The van der Waals surface area contributed by atoms with E-state index in [1.54, 1.807) is 62.4 Å². The molecular formula is C31H33N5O8. The van der Waals surface area contributed by atoms with E-state index in [0.29, 0.717) is 28.4 Å². The van der Waals surface area contributed by atoms with Crippen molar-refractivity contribution in [3.05, 3.63) is 76.9 Å². The second-order valence-corrected chi connectivity index (χ2v) is 9.35. The van der Waals surface area contributed by atoms with Crippen LogP contribution in [0.2, 0.25) is 0 Å². The van der Waals surface area contributed by atoms with Crippen LogP contribution in [0.15, 0.2) is 64.6 Å². The van der Waals surface area contributed by atoms with E-state index in [9.17, 15) is 19.2 Å². The smallest absolute Gasteiger partial charge is 0.411 e. The maximum Gasteiger partial charge on any atom is 0.411 e. The Morgan fingerprint density at radius 1 is 0.659 bits per heavy atom. The van der Waals surface area contributed by atoms with Gasteiger partial charge in [-0.05, 0) is 79.4 Å². The summed E-state index contributed by atoms with van der Waals surface area (Å²) in [5.41, 5.74) is 5.63. The molecule has 0 aliphatic heterocycles. The first-order chi connectivity index (χ1) is 21.1. The minimum Gasteiger partial charge on any atom is -0.469 e. The summed E-state index contributed by atoms with van der Waals surface area (Å²) >= 11 is 0. The van der Waals surface area contributed by atoms with Gasteiger partial charge in [-0.2, -0.15) is 9.98 Å². The molecule has 3 N–H and O–H groups in total. The number of methoxy groups -OCH3 is 2. The van der Waals surface area contributed by atoms with Gasteiger partial charge in [0.15, 0.2) is 0 Å². The Labute approximate surface area is 254 Å². The van der Waals surface area contributed by atoms with Crippen molar-refractivity contribution in [3.8, 4) is 0 Å². The highest BCUT2D eigenvalue weighted by atomic mass is 16.6. The first kappa shape index (κ1) is 32.8. The van der Waals surface area contributed by atoms with Gasteiger partial charge in [0.1, 0.15) is 19.2 Å². The number of nitrogens with zero attached hydrogens (tertiary/aromatic N) is 2. The van der Waals surface area contributed by atoms with Gasteiger partial charge in [0.25, 0.3) is 0 Å². The molecule has 3 aromatic carbocycles. The number of carbonyl (C=O) groups is 4. The van der Waals surface area contributed by atoms with Crippen molar-refractivity contribution < 1.29 is 38.1 Å². The quantitative estimate of drug-likeness (QED) is 0.103. The summed E-state index contributed by atoms with van der Waals surface area (Å²) in [4.78, 5) is 56.0. The Morgan fingerprint density at radius 3 is 1.84 bits per heavy atom. The number of esters is 1. The van der Waals surface area contributed by atoms with E-state index < -0.39 is 18.3 Å². The van der Waals surface area contributed by atoms with Crippen molar-refractivity contribution in [2.24, 2.45) is 9.98 Å². The molecule has 13 nitrogen and oxygen atoms in total. The van der Waals surface area contributed by atoms with Crippen molar-refractivity contribution in [2.45, 2.75) is 27.2 Å². The largest absolute Gasteiger partial charge is 0.469 e. The SMILES string of the molecule is COC(=O)Cc1cc(N=C=Nc2ccc(C)c(NC(=O)OCCOC(=O)Nc3ccc(C)c(NC(=O)OC)c3)c2)ccc1C. The van der Waals surface area contributed by atoms with Gasteiger partial charge in [-0.1, -0.05) is 18.2 Å². The van der Waals surface area contributed by atoms with Crippen LogP contribution in [0.4, 0.5) is 42.8 Å². The van der Waals surface area contributed by atoms with Crippen LogP contribution in [0.5, 0.6) is 0 Å². The predicted molar refractivity (Wildman–Crippen MR) is 164 cm³/mol. The molecule has 0 fully saturated rings. The zero-order valence-electron chi connectivity index (χ0n) is 25.0. The third-order valence-electron chi connectivity index (χ3n) is 6.17. The number of nitrogens with one attached hydrogen (secondary N) is 3. The number of hydrogen-bond donors (Lipinski definition) is 3. The molecule has 0 aliphatic carbocycles. The molecule has 3 aromatic rings. The Morgan fingerprint density at radius 2 is 1.20 bits per heavy atom. The van der Waals surface area contributed by atoms with E-state index in [4.69, 9.17) is 14.2 Å². The minimum atomic E-state index is -0.768. The van der Waals surface area contributed by atoms with Crippen LogP contribution in [-0.4, -0.2) is 57.7 Å². The molecule has 0 spiro atoms. The summed E-state index contributed by atoms with van der Waals surface area (Å²) < 4.78 is 19.5. The van der Waals surface area contributed by atoms with Gasteiger partial charge in [0.05, 0.1) is 32.0 Å². The van der Waals surface area contributed by atoms with E-state index >= 15 is 0 Å². The van der Waals surface area contributed by atoms with Crippen molar-refractivity contribution in [1.29, 1.82) is 0 Å². The van der Waals surface area contributed by atoms with Gasteiger partial charge in [-0.25, -0.2) is 14.4 Å². The molecule has 0 aliphatic rings. The Balaban J connectivity index is 1.49. The number of aliphatic imine (C=N–C) groups is 2. The zero-order chi connectivity index (χ0) is 32.1. The summed E-state index contributed by atoms with van der Waals surface area (Å²) in [6, 6.07) is 18.1. The molecule has 0 atom stereocenters. The van der Waals surface area contributed by atoms with Crippen LogP contribution in [0.1, 0.15) is 22.3 Å². The highest BCUT2D eigenvalue weighted by molar-refractivity contribution is 5.90. The standard InChI is InChI=1S/C31H33N5O8/c1-19-6-9-23(14-22(19)15-28(37)41-4)32-18-33-24-10-7-20(2)26(16-24)36-31(40)44-13-12-43-30(39)34-25-11-8-21(3)27(17-25)35-29(38)42-5/h6-11,14,16-17H,12-13,15H2,1-5H3,(H,34,39)(H,35,38)(H,36,40). The number of carbonyl (C=O) groups excluding carboxylic acids is 4. The molecule has 44 heavy (non-hydrogen) atoms. The van der Waals surface area contributed by atoms with Crippen LogP contribution in [0.25, 0.3) is 0 Å². The summed E-state index contributed by atoms with van der Waals surface area (Å²) in [5, 5.41) is 7.71. The number of aryl methyl sites for hydroxylation is 3. The lowest BCUT2D eigenvalue weighted by molar-refractivity contribution is -0.139. The Hall–Kier alpha value is -5.68. The number of ether oxygens (including phenoxy) is 4. The number of amides is 3. The van der Waals surface area contributed by atoms with Crippen LogP contribution in [-0.2, 0) is 30.2 Å². The van der Waals surface area contributed by atoms with Gasteiger partial charge >= 0.3 is 24.2 Å². The highest BCUT2D eigenvalue weighted by Gasteiger charge is 2.11. The van der Waals surface area contributed by atoms with E-state index in [0.717, 1.165) is 22.3 Å². The van der Waals surface area contributed by atoms with Crippen LogP contribution < -0.4 is 16.0 Å². The molecule has 0 aromatic heterocycles. The number of rotatable bonds is 10. The fourth-order valence-electron chi connectivity index (χ4n) is 3.66. The average molecular weight is 604 g/mol. The Bertz CT molecular complexity index is 1600. The molecular weight excluding hydrogens is 570 g/mol. The summed E-state index contributed by atoms with van der Waals surface area (Å²) in [6.07, 6.45) is -2.02.